The first-order valence-corrected chi connectivity index (χ1v) is 7.86. The highest BCUT2D eigenvalue weighted by atomic mass is 16.5. The number of imidazole rings is 1. The van der Waals surface area contributed by atoms with Crippen molar-refractivity contribution in [3.05, 3.63) is 71.5 Å². The highest BCUT2D eigenvalue weighted by Crippen LogP contribution is 2.34. The zero-order valence-electron chi connectivity index (χ0n) is 13.6. The SMILES string of the molecule is Nc1[nH]ccc1-c1c(N)[nH]c(=O)n1-c1ccccc1Oc1cccnc1. The number of benzene rings is 1. The molecule has 6 N–H and O–H groups in total. The van der Waals surface area contributed by atoms with E-state index < -0.39 is 0 Å². The second-order valence-electron chi connectivity index (χ2n) is 5.59. The van der Waals surface area contributed by atoms with E-state index in [2.05, 4.69) is 15.0 Å². The number of anilines is 2. The lowest BCUT2D eigenvalue weighted by atomic mass is 10.2. The highest BCUT2D eigenvalue weighted by molar-refractivity contribution is 5.80. The molecule has 0 amide bonds. The van der Waals surface area contributed by atoms with Gasteiger partial charge in [-0.2, -0.15) is 0 Å². The van der Waals surface area contributed by atoms with Gasteiger partial charge < -0.3 is 21.2 Å². The molecular formula is C18H16N6O2. The first-order valence-electron chi connectivity index (χ1n) is 7.86. The van der Waals surface area contributed by atoms with Crippen molar-refractivity contribution >= 4 is 11.6 Å². The summed E-state index contributed by atoms with van der Waals surface area (Å²) in [5, 5.41) is 0. The van der Waals surface area contributed by atoms with Crippen LogP contribution in [0.1, 0.15) is 0 Å². The summed E-state index contributed by atoms with van der Waals surface area (Å²) in [7, 11) is 0. The van der Waals surface area contributed by atoms with Crippen molar-refractivity contribution in [2.45, 2.75) is 0 Å². The molecule has 0 saturated carbocycles. The van der Waals surface area contributed by atoms with E-state index in [0.717, 1.165) is 0 Å². The Labute approximate surface area is 148 Å². The number of H-pyrrole nitrogens is 2. The molecule has 0 fully saturated rings. The molecule has 0 aliphatic rings. The van der Waals surface area contributed by atoms with Crippen LogP contribution in [0.4, 0.5) is 11.6 Å². The average molecular weight is 348 g/mol. The lowest BCUT2D eigenvalue weighted by molar-refractivity contribution is 0.477. The van der Waals surface area contributed by atoms with Crippen LogP contribution >= 0.6 is 0 Å². The van der Waals surface area contributed by atoms with E-state index in [1.807, 2.05) is 12.1 Å². The van der Waals surface area contributed by atoms with E-state index >= 15 is 0 Å². The number of hydrogen-bond donors (Lipinski definition) is 4. The van der Waals surface area contributed by atoms with Crippen molar-refractivity contribution in [2.24, 2.45) is 0 Å². The molecule has 8 nitrogen and oxygen atoms in total. The second-order valence-corrected chi connectivity index (χ2v) is 5.59. The van der Waals surface area contributed by atoms with Crippen LogP contribution in [0.2, 0.25) is 0 Å². The van der Waals surface area contributed by atoms with Crippen molar-refractivity contribution < 1.29 is 4.74 Å². The quantitative estimate of drug-likeness (QED) is 0.450. The molecule has 26 heavy (non-hydrogen) atoms. The summed E-state index contributed by atoms with van der Waals surface area (Å²) < 4.78 is 7.36. The molecule has 3 heterocycles. The van der Waals surface area contributed by atoms with Crippen molar-refractivity contribution in [1.29, 1.82) is 0 Å². The second kappa shape index (κ2) is 6.17. The Hall–Kier alpha value is -3.94. The van der Waals surface area contributed by atoms with Gasteiger partial charge >= 0.3 is 5.69 Å². The first-order chi connectivity index (χ1) is 12.6. The van der Waals surface area contributed by atoms with Gasteiger partial charge in [-0.05, 0) is 30.3 Å². The standard InChI is InChI=1S/C18H16N6O2/c19-16-12(7-9-22-16)15-17(20)23-18(25)24(15)13-5-1-2-6-14(13)26-11-4-3-8-21-10-11/h1-10,22H,19-20H2,(H,23,25). The fourth-order valence-electron chi connectivity index (χ4n) is 2.80. The fraction of sp³-hybridized carbons (Fsp3) is 0. The molecule has 0 atom stereocenters. The van der Waals surface area contributed by atoms with Crippen molar-refractivity contribution in [3.63, 3.8) is 0 Å². The summed E-state index contributed by atoms with van der Waals surface area (Å²) in [5.74, 6) is 1.67. The molecule has 4 rings (SSSR count). The van der Waals surface area contributed by atoms with Crippen LogP contribution in [-0.2, 0) is 0 Å². The van der Waals surface area contributed by atoms with Gasteiger partial charge in [0, 0.05) is 18.0 Å². The molecule has 1 aromatic carbocycles. The maximum atomic E-state index is 12.6. The van der Waals surface area contributed by atoms with Crippen molar-refractivity contribution in [2.75, 3.05) is 11.5 Å². The summed E-state index contributed by atoms with van der Waals surface area (Å²) >= 11 is 0. The Morgan fingerprint density at radius 3 is 2.62 bits per heavy atom. The summed E-state index contributed by atoms with van der Waals surface area (Å²) in [6.07, 6.45) is 4.93. The highest BCUT2D eigenvalue weighted by Gasteiger charge is 2.20. The van der Waals surface area contributed by atoms with Crippen LogP contribution in [0.25, 0.3) is 16.9 Å². The summed E-state index contributed by atoms with van der Waals surface area (Å²) in [6, 6.07) is 12.5. The molecule has 0 aliphatic heterocycles. The minimum atomic E-state index is -0.389. The van der Waals surface area contributed by atoms with Gasteiger partial charge in [0.05, 0.1) is 11.9 Å². The van der Waals surface area contributed by atoms with Crippen molar-refractivity contribution in [1.82, 2.24) is 19.5 Å². The Morgan fingerprint density at radius 2 is 1.88 bits per heavy atom. The number of pyridine rings is 1. The van der Waals surface area contributed by atoms with E-state index in [-0.39, 0.29) is 11.5 Å². The third-order valence-corrected chi connectivity index (χ3v) is 3.93. The van der Waals surface area contributed by atoms with Crippen LogP contribution in [-0.4, -0.2) is 19.5 Å². The molecule has 3 aromatic heterocycles. The molecule has 0 radical (unpaired) electrons. The maximum absolute atomic E-state index is 12.6. The van der Waals surface area contributed by atoms with Gasteiger partial charge in [0.2, 0.25) is 0 Å². The average Bonchev–Trinajstić information content (AvgIpc) is 3.18. The van der Waals surface area contributed by atoms with E-state index in [0.29, 0.717) is 34.3 Å². The molecule has 0 unspecified atom stereocenters. The summed E-state index contributed by atoms with van der Waals surface area (Å²) in [5.41, 5.74) is 13.3. The first kappa shape index (κ1) is 15.6. The zero-order chi connectivity index (χ0) is 18.1. The van der Waals surface area contributed by atoms with Gasteiger partial charge in [0.15, 0.2) is 5.75 Å². The smallest absolute Gasteiger partial charge is 0.332 e. The topological polar surface area (TPSA) is 128 Å². The number of rotatable bonds is 4. The Morgan fingerprint density at radius 1 is 1.04 bits per heavy atom. The number of nitrogens with two attached hydrogens (primary N) is 2. The summed E-state index contributed by atoms with van der Waals surface area (Å²) in [4.78, 5) is 22.1. The normalized spacial score (nSPS) is 10.8. The van der Waals surface area contributed by atoms with Crippen LogP contribution < -0.4 is 21.9 Å². The molecule has 0 saturated heterocycles. The molecule has 0 aliphatic carbocycles. The molecule has 8 heteroatoms. The lowest BCUT2D eigenvalue weighted by Gasteiger charge is -2.13. The van der Waals surface area contributed by atoms with Crippen LogP contribution in [0.5, 0.6) is 11.5 Å². The van der Waals surface area contributed by atoms with Crippen LogP contribution in [0.3, 0.4) is 0 Å². The number of ether oxygens (including phenoxy) is 1. The number of nitrogens with zero attached hydrogens (tertiary/aromatic N) is 2. The number of para-hydroxylation sites is 2. The number of hydrogen-bond acceptors (Lipinski definition) is 5. The van der Waals surface area contributed by atoms with Crippen LogP contribution in [0, 0.1) is 0 Å². The van der Waals surface area contributed by atoms with Gasteiger partial charge in [-0.25, -0.2) is 4.79 Å². The minimum absolute atomic E-state index is 0.220. The Balaban J connectivity index is 1.90. The van der Waals surface area contributed by atoms with E-state index in [9.17, 15) is 4.79 Å². The third-order valence-electron chi connectivity index (χ3n) is 3.93. The van der Waals surface area contributed by atoms with Gasteiger partial charge in [-0.15, -0.1) is 0 Å². The molecule has 0 bridgehead atoms. The minimum Gasteiger partial charge on any atom is -0.454 e. The lowest BCUT2D eigenvalue weighted by Crippen LogP contribution is -2.16. The Kier molecular flexibility index (Phi) is 3.70. The zero-order valence-corrected chi connectivity index (χ0v) is 13.6. The number of aromatic amines is 2. The molecule has 130 valence electrons. The van der Waals surface area contributed by atoms with Gasteiger partial charge in [-0.3, -0.25) is 14.5 Å². The predicted octanol–water partition coefficient (Wildman–Crippen LogP) is 2.51. The van der Waals surface area contributed by atoms with Gasteiger partial charge in [0.25, 0.3) is 0 Å². The van der Waals surface area contributed by atoms with Gasteiger partial charge in [0.1, 0.15) is 23.1 Å². The number of aromatic nitrogens is 4. The third kappa shape index (κ3) is 2.59. The number of nitrogens with one attached hydrogen (secondary N) is 2. The molecule has 0 spiro atoms. The largest absolute Gasteiger partial charge is 0.454 e. The summed E-state index contributed by atoms with van der Waals surface area (Å²) in [6.45, 7) is 0. The molecular weight excluding hydrogens is 332 g/mol. The van der Waals surface area contributed by atoms with E-state index in [1.54, 1.807) is 48.9 Å². The van der Waals surface area contributed by atoms with Gasteiger partial charge in [-0.1, -0.05) is 12.1 Å². The van der Waals surface area contributed by atoms with Crippen LogP contribution in [0.15, 0.2) is 65.8 Å². The van der Waals surface area contributed by atoms with E-state index in [1.165, 1.54) is 4.57 Å². The monoisotopic (exact) mass is 348 g/mol. The number of nitrogen functional groups attached to an aromatic ring is 2. The van der Waals surface area contributed by atoms with E-state index in [4.69, 9.17) is 16.2 Å². The molecule has 4 aromatic rings. The maximum Gasteiger partial charge on any atom is 0.332 e. The van der Waals surface area contributed by atoms with Crippen molar-refractivity contribution in [3.8, 4) is 28.4 Å². The predicted molar refractivity (Wildman–Crippen MR) is 99.3 cm³/mol. The Bertz CT molecular complexity index is 1110. The fourth-order valence-corrected chi connectivity index (χ4v) is 2.80.